The van der Waals surface area contributed by atoms with Gasteiger partial charge in [-0.15, -0.1) is 0 Å². The van der Waals surface area contributed by atoms with Crippen LogP contribution in [0.2, 0.25) is 0 Å². The number of methoxy groups -OCH3 is 1. The average Bonchev–Trinajstić information content (AvgIpc) is 2.38. The van der Waals surface area contributed by atoms with E-state index in [0.717, 1.165) is 0 Å². The summed E-state index contributed by atoms with van der Waals surface area (Å²) in [7, 11) is 1.55. The molecule has 2 amide bonds. The molecule has 3 N–H and O–H groups in total. The number of hydrogen-bond donors (Lipinski definition) is 2. The minimum absolute atomic E-state index is 0.104. The Balaban J connectivity index is 2.91. The van der Waals surface area contributed by atoms with Gasteiger partial charge in [-0.1, -0.05) is 13.8 Å². The van der Waals surface area contributed by atoms with Gasteiger partial charge in [0.2, 0.25) is 5.91 Å². The number of hydrogen-bond acceptors (Lipinski definition) is 3. The molecule has 0 bridgehead atoms. The van der Waals surface area contributed by atoms with E-state index in [1.165, 1.54) is 0 Å². The minimum Gasteiger partial charge on any atom is -0.497 e. The first-order valence-corrected chi connectivity index (χ1v) is 6.07. The van der Waals surface area contributed by atoms with Gasteiger partial charge in [0.1, 0.15) is 11.3 Å². The largest absolute Gasteiger partial charge is 0.497 e. The second-order valence-electron chi connectivity index (χ2n) is 4.90. The van der Waals surface area contributed by atoms with Crippen molar-refractivity contribution < 1.29 is 14.3 Å². The van der Waals surface area contributed by atoms with Crippen LogP contribution in [-0.2, 0) is 4.79 Å². The molecule has 1 atom stereocenters. The van der Waals surface area contributed by atoms with Gasteiger partial charge in [-0.05, 0) is 37.1 Å². The Kier molecular flexibility index (Phi) is 4.53. The normalized spacial score (nSPS) is 13.7. The number of ether oxygens (including phenoxy) is 1. The van der Waals surface area contributed by atoms with Crippen LogP contribution in [0.4, 0.5) is 0 Å². The van der Waals surface area contributed by atoms with Gasteiger partial charge in [0, 0.05) is 5.56 Å². The lowest BCUT2D eigenvalue weighted by Crippen LogP contribution is -2.58. The highest BCUT2D eigenvalue weighted by Crippen LogP contribution is 2.18. The Morgan fingerprint density at radius 2 is 1.79 bits per heavy atom. The third-order valence-corrected chi connectivity index (χ3v) is 3.39. The molecule has 0 radical (unpaired) electrons. The summed E-state index contributed by atoms with van der Waals surface area (Å²) < 4.78 is 5.02. The summed E-state index contributed by atoms with van der Waals surface area (Å²) in [5, 5.41) is 2.69. The molecule has 0 fully saturated rings. The fourth-order valence-electron chi connectivity index (χ4n) is 1.54. The van der Waals surface area contributed by atoms with E-state index in [4.69, 9.17) is 10.5 Å². The molecule has 0 saturated heterocycles. The summed E-state index contributed by atoms with van der Waals surface area (Å²) in [6.45, 7) is 5.29. The molecule has 5 nitrogen and oxygen atoms in total. The highest BCUT2D eigenvalue weighted by atomic mass is 16.5. The molecule has 1 aromatic carbocycles. The van der Waals surface area contributed by atoms with Gasteiger partial charge in [0.05, 0.1) is 7.11 Å². The van der Waals surface area contributed by atoms with Gasteiger partial charge in [0.25, 0.3) is 5.91 Å². The van der Waals surface area contributed by atoms with Gasteiger partial charge in [-0.3, -0.25) is 9.59 Å². The first-order valence-electron chi connectivity index (χ1n) is 6.07. The van der Waals surface area contributed by atoms with Crippen LogP contribution in [-0.4, -0.2) is 24.5 Å². The van der Waals surface area contributed by atoms with Gasteiger partial charge in [-0.25, -0.2) is 0 Å². The minimum atomic E-state index is -1.07. The second-order valence-corrected chi connectivity index (χ2v) is 4.90. The van der Waals surface area contributed by atoms with Crippen LogP contribution >= 0.6 is 0 Å². The summed E-state index contributed by atoms with van der Waals surface area (Å²) in [5.74, 6) is -0.327. The maximum absolute atomic E-state index is 12.1. The van der Waals surface area contributed by atoms with Crippen LogP contribution < -0.4 is 15.8 Å². The zero-order valence-electron chi connectivity index (χ0n) is 11.7. The van der Waals surface area contributed by atoms with Crippen LogP contribution in [0.3, 0.4) is 0 Å². The molecule has 0 aliphatic carbocycles. The Hall–Kier alpha value is -2.04. The first-order chi connectivity index (χ1) is 8.81. The third kappa shape index (κ3) is 3.24. The van der Waals surface area contributed by atoms with Crippen molar-refractivity contribution in [3.8, 4) is 5.75 Å². The molecular formula is C14H20N2O3. The Morgan fingerprint density at radius 1 is 1.26 bits per heavy atom. The highest BCUT2D eigenvalue weighted by molar-refractivity contribution is 5.98. The van der Waals surface area contributed by atoms with E-state index in [0.29, 0.717) is 11.3 Å². The molecule has 19 heavy (non-hydrogen) atoms. The number of nitrogens with one attached hydrogen (secondary N) is 1. The lowest BCUT2D eigenvalue weighted by Gasteiger charge is -2.31. The maximum Gasteiger partial charge on any atom is 0.252 e. The smallest absolute Gasteiger partial charge is 0.252 e. The van der Waals surface area contributed by atoms with Crippen molar-refractivity contribution in [2.24, 2.45) is 11.7 Å². The number of nitrogens with two attached hydrogens (primary N) is 1. The van der Waals surface area contributed by atoms with Crippen molar-refractivity contribution in [1.29, 1.82) is 0 Å². The Labute approximate surface area is 113 Å². The molecule has 0 aromatic heterocycles. The van der Waals surface area contributed by atoms with Gasteiger partial charge in [-0.2, -0.15) is 0 Å². The van der Waals surface area contributed by atoms with E-state index in [1.54, 1.807) is 38.3 Å². The summed E-state index contributed by atoms with van der Waals surface area (Å²) >= 11 is 0. The van der Waals surface area contributed by atoms with E-state index in [9.17, 15) is 9.59 Å². The van der Waals surface area contributed by atoms with Crippen molar-refractivity contribution in [2.45, 2.75) is 26.3 Å². The molecule has 1 rings (SSSR count). The number of rotatable bonds is 5. The fourth-order valence-corrected chi connectivity index (χ4v) is 1.54. The van der Waals surface area contributed by atoms with Crippen molar-refractivity contribution in [2.75, 3.05) is 7.11 Å². The zero-order chi connectivity index (χ0) is 14.6. The van der Waals surface area contributed by atoms with Crippen LogP contribution in [0.15, 0.2) is 24.3 Å². The van der Waals surface area contributed by atoms with Crippen LogP contribution in [0, 0.1) is 5.92 Å². The summed E-state index contributed by atoms with van der Waals surface area (Å²) in [5.41, 5.74) is 4.75. The highest BCUT2D eigenvalue weighted by Gasteiger charge is 2.36. The number of carbonyl (C=O) groups excluding carboxylic acids is 2. The second kappa shape index (κ2) is 5.73. The van der Waals surface area contributed by atoms with Gasteiger partial charge in [0.15, 0.2) is 0 Å². The monoisotopic (exact) mass is 264 g/mol. The predicted molar refractivity (Wildman–Crippen MR) is 72.9 cm³/mol. The molecule has 0 saturated carbocycles. The van der Waals surface area contributed by atoms with Gasteiger partial charge < -0.3 is 15.8 Å². The molecule has 104 valence electrons. The molecule has 1 aromatic rings. The van der Waals surface area contributed by atoms with E-state index in [1.807, 2.05) is 13.8 Å². The molecule has 0 aliphatic rings. The van der Waals surface area contributed by atoms with Crippen LogP contribution in [0.1, 0.15) is 31.1 Å². The van der Waals surface area contributed by atoms with Crippen LogP contribution in [0.5, 0.6) is 5.75 Å². The van der Waals surface area contributed by atoms with E-state index < -0.39 is 11.4 Å². The van der Waals surface area contributed by atoms with Crippen molar-refractivity contribution >= 4 is 11.8 Å². The predicted octanol–water partition coefficient (Wildman–Crippen LogP) is 1.32. The van der Waals surface area contributed by atoms with E-state index in [-0.39, 0.29) is 11.8 Å². The zero-order valence-corrected chi connectivity index (χ0v) is 11.7. The maximum atomic E-state index is 12.1. The standard InChI is InChI=1S/C14H20N2O3/c1-9(2)14(3,13(15)18)16-12(17)10-5-7-11(19-4)8-6-10/h5-9H,1-4H3,(H2,15,18)(H,16,17). The van der Waals surface area contributed by atoms with Crippen LogP contribution in [0.25, 0.3) is 0 Å². The number of amides is 2. The number of carbonyl (C=O) groups is 2. The Bertz CT molecular complexity index is 468. The van der Waals surface area contributed by atoms with E-state index >= 15 is 0 Å². The SMILES string of the molecule is COc1ccc(C(=O)NC(C)(C(N)=O)C(C)C)cc1. The molecule has 0 heterocycles. The molecule has 0 aliphatic heterocycles. The third-order valence-electron chi connectivity index (χ3n) is 3.39. The Morgan fingerprint density at radius 3 is 2.16 bits per heavy atom. The molecule has 0 spiro atoms. The topological polar surface area (TPSA) is 81.4 Å². The number of benzene rings is 1. The fraction of sp³-hybridized carbons (Fsp3) is 0.429. The summed E-state index contributed by atoms with van der Waals surface area (Å²) in [6.07, 6.45) is 0. The summed E-state index contributed by atoms with van der Waals surface area (Å²) in [4.78, 5) is 23.6. The van der Waals surface area contributed by atoms with E-state index in [2.05, 4.69) is 5.32 Å². The van der Waals surface area contributed by atoms with Crippen molar-refractivity contribution in [3.05, 3.63) is 29.8 Å². The first kappa shape index (κ1) is 15.0. The van der Waals surface area contributed by atoms with Gasteiger partial charge >= 0.3 is 0 Å². The summed E-state index contributed by atoms with van der Waals surface area (Å²) in [6, 6.07) is 6.64. The quantitative estimate of drug-likeness (QED) is 0.841. The lowest BCUT2D eigenvalue weighted by atomic mass is 9.87. The number of primary amides is 1. The molecule has 5 heteroatoms. The lowest BCUT2D eigenvalue weighted by molar-refractivity contribution is -0.125. The van der Waals surface area contributed by atoms with Crippen molar-refractivity contribution in [1.82, 2.24) is 5.32 Å². The molecular weight excluding hydrogens is 244 g/mol. The average molecular weight is 264 g/mol. The van der Waals surface area contributed by atoms with Crippen molar-refractivity contribution in [3.63, 3.8) is 0 Å². The molecule has 1 unspecified atom stereocenters.